The quantitative estimate of drug-likeness (QED) is 0.431. The van der Waals surface area contributed by atoms with Gasteiger partial charge in [0, 0.05) is 10.4 Å². The molecule has 0 unspecified atom stereocenters. The van der Waals surface area contributed by atoms with Gasteiger partial charge in [0.2, 0.25) is 5.91 Å². The molecule has 3 aromatic carbocycles. The number of cyclic esters (lactones) is 1. The molecule has 2 fully saturated rings. The molecule has 7 nitrogen and oxygen atoms in total. The maximum absolute atomic E-state index is 14.7. The fourth-order valence-corrected chi connectivity index (χ4v) is 6.58. The molecule has 2 aliphatic heterocycles. The maximum atomic E-state index is 14.7. The largest absolute Gasteiger partial charge is 0.478 e. The molecule has 1 N–H and O–H groups in total. The van der Waals surface area contributed by atoms with Crippen LogP contribution in [-0.2, 0) is 20.4 Å². The normalized spacial score (nSPS) is 23.8. The van der Waals surface area contributed by atoms with E-state index in [4.69, 9.17) is 16.3 Å². The summed E-state index contributed by atoms with van der Waals surface area (Å²) in [6.07, 6.45) is -0.122. The molecular weight excluding hydrogens is 511 g/mol. The van der Waals surface area contributed by atoms with Crippen molar-refractivity contribution in [3.8, 4) is 0 Å². The van der Waals surface area contributed by atoms with Crippen molar-refractivity contribution in [2.75, 3.05) is 23.0 Å². The van der Waals surface area contributed by atoms with Crippen LogP contribution in [0.3, 0.4) is 0 Å². The Morgan fingerprint density at radius 1 is 1.05 bits per heavy atom. The van der Waals surface area contributed by atoms with Gasteiger partial charge in [0.05, 0.1) is 34.6 Å². The molecule has 38 heavy (non-hydrogen) atoms. The first-order chi connectivity index (χ1) is 18.1. The number of halogens is 2. The first kappa shape index (κ1) is 24.4. The lowest BCUT2D eigenvalue weighted by Crippen LogP contribution is -2.36. The lowest BCUT2D eigenvalue weighted by Gasteiger charge is -2.27. The number of rotatable bonds is 5. The minimum absolute atomic E-state index is 0.0176. The molecule has 2 atom stereocenters. The summed E-state index contributed by atoms with van der Waals surface area (Å²) in [6.45, 7) is 4.52. The molecule has 0 aromatic heterocycles. The van der Waals surface area contributed by atoms with Gasteiger partial charge in [-0.25, -0.2) is 14.0 Å². The average Bonchev–Trinajstić information content (AvgIpc) is 3.33. The van der Waals surface area contributed by atoms with E-state index in [2.05, 4.69) is 0 Å². The van der Waals surface area contributed by atoms with E-state index in [9.17, 15) is 23.9 Å². The third-order valence-corrected chi connectivity index (χ3v) is 8.49. The monoisotopic (exact) mass is 534 g/mol. The van der Waals surface area contributed by atoms with E-state index in [1.807, 2.05) is 26.0 Å². The number of aromatic carboxylic acids is 1. The summed E-state index contributed by atoms with van der Waals surface area (Å²) < 4.78 is 19.7. The van der Waals surface area contributed by atoms with Crippen LogP contribution in [0.2, 0.25) is 5.02 Å². The number of hydrogen-bond acceptors (Lipinski definition) is 4. The van der Waals surface area contributed by atoms with E-state index >= 15 is 0 Å². The Kier molecular flexibility index (Phi) is 5.33. The Balaban J connectivity index is 1.55. The summed E-state index contributed by atoms with van der Waals surface area (Å²) in [5, 5.41) is 10.4. The fourth-order valence-electron chi connectivity index (χ4n) is 6.45. The third-order valence-electron chi connectivity index (χ3n) is 8.23. The predicted octanol–water partition coefficient (Wildman–Crippen LogP) is 6.05. The Labute approximate surface area is 223 Å². The van der Waals surface area contributed by atoms with Crippen LogP contribution in [0.15, 0.2) is 60.7 Å². The zero-order chi connectivity index (χ0) is 27.0. The van der Waals surface area contributed by atoms with E-state index < -0.39 is 28.7 Å². The van der Waals surface area contributed by atoms with Crippen LogP contribution in [-0.4, -0.2) is 36.2 Å². The topological polar surface area (TPSA) is 87.2 Å². The smallest absolute Gasteiger partial charge is 0.414 e. The second kappa shape index (κ2) is 8.30. The number of nitrogens with zero attached hydrogens (tertiary/aromatic N) is 2. The molecular formula is C29H24ClFN2O5. The number of benzene rings is 3. The zero-order valence-electron chi connectivity index (χ0n) is 20.7. The molecule has 3 aromatic rings. The molecule has 194 valence electrons. The highest BCUT2D eigenvalue weighted by molar-refractivity contribution is 6.30. The van der Waals surface area contributed by atoms with Crippen molar-refractivity contribution >= 4 is 46.6 Å². The molecule has 2 amide bonds. The Hall–Kier alpha value is -3.91. The van der Waals surface area contributed by atoms with Gasteiger partial charge in [-0.2, -0.15) is 0 Å². The Morgan fingerprint density at radius 3 is 2.39 bits per heavy atom. The first-order valence-electron chi connectivity index (χ1n) is 12.3. The molecule has 2 heterocycles. The van der Waals surface area contributed by atoms with E-state index in [0.717, 1.165) is 5.56 Å². The summed E-state index contributed by atoms with van der Waals surface area (Å²) in [5.74, 6) is -1.91. The van der Waals surface area contributed by atoms with Gasteiger partial charge in [-0.05, 0) is 72.0 Å². The molecule has 1 spiro atoms. The highest BCUT2D eigenvalue weighted by atomic mass is 35.5. The summed E-state index contributed by atoms with van der Waals surface area (Å²) in [7, 11) is 0. The SMILES string of the molecule is CC(C)[C@@]1(c2ccc(Cl)cc2)C[C@@]12C(=O)N(c1cc(C(=O)O)cc(N3CCOC3=O)c1)c1ccc(F)cc12. The molecule has 9 heteroatoms. The highest BCUT2D eigenvalue weighted by Gasteiger charge is 2.78. The zero-order valence-corrected chi connectivity index (χ0v) is 21.5. The van der Waals surface area contributed by atoms with Crippen LogP contribution < -0.4 is 9.80 Å². The maximum Gasteiger partial charge on any atom is 0.414 e. The standard InChI is InChI=1S/C29H24ClFN2O5/c1-16(2)28(18-3-5-19(30)6-4-18)15-29(28)23-13-20(31)7-8-24(23)33(26(29)36)22-12-17(25(34)35)11-21(14-22)32-9-10-38-27(32)37/h3-8,11-14,16H,9-10,15H2,1-2H3,(H,34,35)/t28-,29-/m1/s1. The van der Waals surface area contributed by atoms with Gasteiger partial charge in [-0.3, -0.25) is 14.6 Å². The molecule has 1 aliphatic carbocycles. The highest BCUT2D eigenvalue weighted by Crippen LogP contribution is 2.74. The van der Waals surface area contributed by atoms with Gasteiger partial charge in [0.15, 0.2) is 0 Å². The second-order valence-corrected chi connectivity index (χ2v) is 10.8. The summed E-state index contributed by atoms with van der Waals surface area (Å²) in [6, 6.07) is 16.0. The number of anilines is 3. The molecule has 0 radical (unpaired) electrons. The van der Waals surface area contributed by atoms with Gasteiger partial charge < -0.3 is 9.84 Å². The van der Waals surface area contributed by atoms with Gasteiger partial charge in [0.25, 0.3) is 0 Å². The van der Waals surface area contributed by atoms with Gasteiger partial charge in [-0.15, -0.1) is 0 Å². The minimum Gasteiger partial charge on any atom is -0.478 e. The van der Waals surface area contributed by atoms with Crippen LogP contribution >= 0.6 is 11.6 Å². The van der Waals surface area contributed by atoms with E-state index in [-0.39, 0.29) is 36.2 Å². The lowest BCUT2D eigenvalue weighted by molar-refractivity contribution is -0.120. The van der Waals surface area contributed by atoms with Crippen molar-refractivity contribution in [2.24, 2.45) is 5.92 Å². The van der Waals surface area contributed by atoms with Crippen LogP contribution in [0.1, 0.15) is 41.8 Å². The third kappa shape index (κ3) is 3.22. The average molecular weight is 535 g/mol. The molecule has 1 saturated carbocycles. The summed E-state index contributed by atoms with van der Waals surface area (Å²) in [4.78, 5) is 41.6. The van der Waals surface area contributed by atoms with Crippen LogP contribution in [0.4, 0.5) is 26.2 Å². The number of hydrogen-bond donors (Lipinski definition) is 1. The molecule has 1 saturated heterocycles. The van der Waals surface area contributed by atoms with Crippen LogP contribution in [0, 0.1) is 11.7 Å². The van der Waals surface area contributed by atoms with Crippen molar-refractivity contribution in [2.45, 2.75) is 31.1 Å². The Bertz CT molecular complexity index is 1520. The van der Waals surface area contributed by atoms with E-state index in [1.165, 1.54) is 34.1 Å². The fraction of sp³-hybridized carbons (Fsp3) is 0.276. The second-order valence-electron chi connectivity index (χ2n) is 10.3. The number of carboxylic acid groups (broad SMARTS) is 1. The molecule has 3 aliphatic rings. The van der Waals surface area contributed by atoms with Crippen molar-refractivity contribution < 1.29 is 28.6 Å². The van der Waals surface area contributed by atoms with Crippen LogP contribution in [0.25, 0.3) is 0 Å². The van der Waals surface area contributed by atoms with E-state index in [1.54, 1.807) is 24.3 Å². The number of amides is 2. The van der Waals surface area contributed by atoms with Crippen molar-refractivity contribution in [3.63, 3.8) is 0 Å². The van der Waals surface area contributed by atoms with Crippen LogP contribution in [0.5, 0.6) is 0 Å². The summed E-state index contributed by atoms with van der Waals surface area (Å²) in [5.41, 5.74) is 0.842. The Morgan fingerprint density at radius 2 is 1.76 bits per heavy atom. The molecule has 6 rings (SSSR count). The lowest BCUT2D eigenvalue weighted by atomic mass is 9.75. The molecule has 0 bridgehead atoms. The summed E-state index contributed by atoms with van der Waals surface area (Å²) >= 11 is 6.16. The van der Waals surface area contributed by atoms with E-state index in [0.29, 0.717) is 28.4 Å². The van der Waals surface area contributed by atoms with Crippen molar-refractivity contribution in [3.05, 3.63) is 88.2 Å². The van der Waals surface area contributed by atoms with Gasteiger partial charge >= 0.3 is 12.1 Å². The number of carboxylic acids is 1. The number of carbonyl (C=O) groups excluding carboxylic acids is 2. The number of ether oxygens (including phenoxy) is 1. The number of fused-ring (bicyclic) bond motifs is 2. The van der Waals surface area contributed by atoms with Gasteiger partial charge in [0.1, 0.15) is 12.4 Å². The van der Waals surface area contributed by atoms with Crippen molar-refractivity contribution in [1.82, 2.24) is 0 Å². The predicted molar refractivity (Wildman–Crippen MR) is 140 cm³/mol. The van der Waals surface area contributed by atoms with Gasteiger partial charge in [-0.1, -0.05) is 37.6 Å². The first-order valence-corrected chi connectivity index (χ1v) is 12.7. The van der Waals surface area contributed by atoms with Crippen molar-refractivity contribution in [1.29, 1.82) is 0 Å². The number of carbonyl (C=O) groups is 3. The minimum atomic E-state index is -1.20.